The molecule has 0 aliphatic heterocycles. The standard InChI is InChI=1S/C13H19NO2/c1-15-10-5-4-6-11(9-10)16-13-8-3-2-7-12(13)14/h2-3,7-8,10-11H,4-6,9,14H2,1H3. The lowest BCUT2D eigenvalue weighted by Gasteiger charge is -2.29. The number of benzene rings is 1. The molecule has 2 atom stereocenters. The second kappa shape index (κ2) is 5.21. The molecule has 2 rings (SSSR count). The van der Waals surface area contributed by atoms with Crippen LogP contribution in [0.1, 0.15) is 25.7 Å². The molecule has 0 radical (unpaired) electrons. The van der Waals surface area contributed by atoms with Crippen molar-refractivity contribution in [2.75, 3.05) is 12.8 Å². The smallest absolute Gasteiger partial charge is 0.142 e. The van der Waals surface area contributed by atoms with Crippen molar-refractivity contribution in [3.63, 3.8) is 0 Å². The van der Waals surface area contributed by atoms with Gasteiger partial charge in [0.2, 0.25) is 0 Å². The first kappa shape index (κ1) is 11.3. The van der Waals surface area contributed by atoms with Gasteiger partial charge in [0.05, 0.1) is 11.8 Å². The molecule has 1 aliphatic carbocycles. The van der Waals surface area contributed by atoms with Crippen LogP contribution in [0.2, 0.25) is 0 Å². The van der Waals surface area contributed by atoms with Gasteiger partial charge in [-0.15, -0.1) is 0 Å². The van der Waals surface area contributed by atoms with Gasteiger partial charge in [0.1, 0.15) is 11.9 Å². The molecule has 2 unspecified atom stereocenters. The first-order chi connectivity index (χ1) is 7.79. The molecule has 88 valence electrons. The minimum Gasteiger partial charge on any atom is -0.488 e. The summed E-state index contributed by atoms with van der Waals surface area (Å²) in [6, 6.07) is 7.65. The van der Waals surface area contributed by atoms with Crippen LogP contribution in [0, 0.1) is 0 Å². The average Bonchev–Trinajstić information content (AvgIpc) is 2.32. The maximum absolute atomic E-state index is 5.91. The first-order valence-corrected chi connectivity index (χ1v) is 5.83. The number of rotatable bonds is 3. The maximum Gasteiger partial charge on any atom is 0.142 e. The minimum atomic E-state index is 0.239. The Morgan fingerprint density at radius 3 is 2.69 bits per heavy atom. The molecule has 2 N–H and O–H groups in total. The quantitative estimate of drug-likeness (QED) is 0.798. The number of nitrogen functional groups attached to an aromatic ring is 1. The second-order valence-corrected chi connectivity index (χ2v) is 4.30. The number of methoxy groups -OCH3 is 1. The van der Waals surface area contributed by atoms with Gasteiger partial charge >= 0.3 is 0 Å². The highest BCUT2D eigenvalue weighted by atomic mass is 16.5. The minimum absolute atomic E-state index is 0.239. The maximum atomic E-state index is 5.91. The largest absolute Gasteiger partial charge is 0.488 e. The molecule has 0 aromatic heterocycles. The molecule has 0 saturated heterocycles. The van der Waals surface area contributed by atoms with E-state index < -0.39 is 0 Å². The van der Waals surface area contributed by atoms with Gasteiger partial charge in [-0.2, -0.15) is 0 Å². The van der Waals surface area contributed by atoms with Crippen LogP contribution < -0.4 is 10.5 Å². The number of nitrogens with two attached hydrogens (primary N) is 1. The molecule has 1 aliphatic rings. The van der Waals surface area contributed by atoms with Crippen molar-refractivity contribution >= 4 is 5.69 Å². The van der Waals surface area contributed by atoms with E-state index in [4.69, 9.17) is 15.2 Å². The van der Waals surface area contributed by atoms with Crippen molar-refractivity contribution in [2.24, 2.45) is 0 Å². The number of hydrogen-bond acceptors (Lipinski definition) is 3. The lowest BCUT2D eigenvalue weighted by atomic mass is 9.95. The summed E-state index contributed by atoms with van der Waals surface area (Å²) >= 11 is 0. The molecule has 1 saturated carbocycles. The molecular weight excluding hydrogens is 202 g/mol. The molecule has 0 heterocycles. The van der Waals surface area contributed by atoms with Gasteiger partial charge in [0.15, 0.2) is 0 Å². The Kier molecular flexibility index (Phi) is 3.67. The Morgan fingerprint density at radius 1 is 1.19 bits per heavy atom. The number of para-hydroxylation sites is 2. The van der Waals surface area contributed by atoms with Gasteiger partial charge in [0, 0.05) is 13.5 Å². The van der Waals surface area contributed by atoms with Crippen LogP contribution in [0.3, 0.4) is 0 Å². The van der Waals surface area contributed by atoms with Crippen LogP contribution >= 0.6 is 0 Å². The summed E-state index contributed by atoms with van der Waals surface area (Å²) in [6.07, 6.45) is 4.93. The highest BCUT2D eigenvalue weighted by Crippen LogP contribution is 2.28. The highest BCUT2D eigenvalue weighted by molar-refractivity contribution is 5.51. The van der Waals surface area contributed by atoms with Gasteiger partial charge in [-0.3, -0.25) is 0 Å². The van der Waals surface area contributed by atoms with Gasteiger partial charge in [0.25, 0.3) is 0 Å². The average molecular weight is 221 g/mol. The van der Waals surface area contributed by atoms with E-state index in [1.165, 1.54) is 0 Å². The molecule has 16 heavy (non-hydrogen) atoms. The summed E-state index contributed by atoms with van der Waals surface area (Å²) in [7, 11) is 1.77. The Morgan fingerprint density at radius 2 is 1.94 bits per heavy atom. The number of ether oxygens (including phenoxy) is 2. The predicted molar refractivity (Wildman–Crippen MR) is 64.5 cm³/mol. The van der Waals surface area contributed by atoms with E-state index in [1.54, 1.807) is 7.11 Å². The van der Waals surface area contributed by atoms with Crippen LogP contribution in [-0.2, 0) is 4.74 Å². The predicted octanol–water partition coefficient (Wildman–Crippen LogP) is 2.61. The molecule has 3 nitrogen and oxygen atoms in total. The number of hydrogen-bond donors (Lipinski definition) is 1. The van der Waals surface area contributed by atoms with Crippen molar-refractivity contribution < 1.29 is 9.47 Å². The van der Waals surface area contributed by atoms with Gasteiger partial charge in [-0.1, -0.05) is 12.1 Å². The molecule has 1 aromatic carbocycles. The van der Waals surface area contributed by atoms with Crippen LogP contribution in [0.15, 0.2) is 24.3 Å². The van der Waals surface area contributed by atoms with Crippen molar-refractivity contribution in [1.29, 1.82) is 0 Å². The van der Waals surface area contributed by atoms with Crippen molar-refractivity contribution in [2.45, 2.75) is 37.9 Å². The molecule has 3 heteroatoms. The molecule has 0 amide bonds. The lowest BCUT2D eigenvalue weighted by molar-refractivity contribution is 0.0212. The monoisotopic (exact) mass is 221 g/mol. The SMILES string of the molecule is COC1CCCC(Oc2ccccc2N)C1. The second-order valence-electron chi connectivity index (χ2n) is 4.30. The molecule has 0 bridgehead atoms. The lowest BCUT2D eigenvalue weighted by Crippen LogP contribution is -2.29. The fourth-order valence-corrected chi connectivity index (χ4v) is 2.19. The number of anilines is 1. The normalized spacial score (nSPS) is 25.3. The van der Waals surface area contributed by atoms with Crippen molar-refractivity contribution in [1.82, 2.24) is 0 Å². The molecule has 0 spiro atoms. The first-order valence-electron chi connectivity index (χ1n) is 5.83. The van der Waals surface area contributed by atoms with E-state index in [2.05, 4.69) is 0 Å². The van der Waals surface area contributed by atoms with Gasteiger partial charge < -0.3 is 15.2 Å². The fourth-order valence-electron chi connectivity index (χ4n) is 2.19. The zero-order chi connectivity index (χ0) is 11.4. The van der Waals surface area contributed by atoms with Gasteiger partial charge in [-0.05, 0) is 31.4 Å². The summed E-state index contributed by atoms with van der Waals surface area (Å²) in [4.78, 5) is 0. The summed E-state index contributed by atoms with van der Waals surface area (Å²) in [6.45, 7) is 0. The van der Waals surface area contributed by atoms with E-state index in [1.807, 2.05) is 24.3 Å². The summed E-state index contributed by atoms with van der Waals surface area (Å²) in [5.41, 5.74) is 6.56. The topological polar surface area (TPSA) is 44.5 Å². The Labute approximate surface area is 96.5 Å². The third kappa shape index (κ3) is 2.67. The van der Waals surface area contributed by atoms with E-state index in [-0.39, 0.29) is 6.10 Å². The summed E-state index contributed by atoms with van der Waals surface area (Å²) in [5.74, 6) is 0.796. The highest BCUT2D eigenvalue weighted by Gasteiger charge is 2.23. The van der Waals surface area contributed by atoms with Crippen molar-refractivity contribution in [3.05, 3.63) is 24.3 Å². The van der Waals surface area contributed by atoms with Crippen LogP contribution in [0.4, 0.5) is 5.69 Å². The third-order valence-corrected chi connectivity index (χ3v) is 3.12. The zero-order valence-electron chi connectivity index (χ0n) is 9.69. The van der Waals surface area contributed by atoms with Crippen LogP contribution in [0.25, 0.3) is 0 Å². The van der Waals surface area contributed by atoms with E-state index in [0.29, 0.717) is 11.8 Å². The Bertz CT molecular complexity index is 340. The Hall–Kier alpha value is -1.22. The summed E-state index contributed by atoms with van der Waals surface area (Å²) in [5, 5.41) is 0. The van der Waals surface area contributed by atoms with E-state index in [0.717, 1.165) is 31.4 Å². The fraction of sp³-hybridized carbons (Fsp3) is 0.538. The van der Waals surface area contributed by atoms with E-state index >= 15 is 0 Å². The molecular formula is C13H19NO2. The zero-order valence-corrected chi connectivity index (χ0v) is 9.69. The van der Waals surface area contributed by atoms with E-state index in [9.17, 15) is 0 Å². The summed E-state index contributed by atoms with van der Waals surface area (Å²) < 4.78 is 11.3. The van der Waals surface area contributed by atoms with Crippen molar-refractivity contribution in [3.8, 4) is 5.75 Å². The van der Waals surface area contributed by atoms with Crippen LogP contribution in [-0.4, -0.2) is 19.3 Å². The molecule has 1 aromatic rings. The molecule has 1 fully saturated rings. The van der Waals surface area contributed by atoms with Gasteiger partial charge in [-0.25, -0.2) is 0 Å². The Balaban J connectivity index is 1.97. The third-order valence-electron chi connectivity index (χ3n) is 3.12. The van der Waals surface area contributed by atoms with Crippen LogP contribution in [0.5, 0.6) is 5.75 Å².